The van der Waals surface area contributed by atoms with Crippen molar-refractivity contribution in [2.45, 2.75) is 3.12 Å². The highest BCUT2D eigenvalue weighted by Crippen LogP contribution is 2.38. The molecule has 1 aromatic heterocycles. The van der Waals surface area contributed by atoms with Crippen LogP contribution in [0.4, 0.5) is 0 Å². The standard InChI is InChI=1S/C12H4Cl5N3O2S/c13-8-2-1-7(3-9(8)14)19-5-6(4-18)10(21)20(11(19)22)23-12(15,16)17/h1-3,5H. The van der Waals surface area contributed by atoms with E-state index in [4.69, 9.17) is 63.3 Å². The smallest absolute Gasteiger partial charge is 0.267 e. The zero-order valence-electron chi connectivity index (χ0n) is 10.8. The van der Waals surface area contributed by atoms with Gasteiger partial charge in [-0.1, -0.05) is 58.0 Å². The van der Waals surface area contributed by atoms with Crippen molar-refractivity contribution in [2.75, 3.05) is 0 Å². The van der Waals surface area contributed by atoms with Crippen LogP contribution in [0.2, 0.25) is 10.0 Å². The Bertz CT molecular complexity index is 926. The molecule has 5 nitrogen and oxygen atoms in total. The molecule has 0 aliphatic rings. The zero-order chi connectivity index (χ0) is 17.4. The molecule has 2 aromatic rings. The van der Waals surface area contributed by atoms with Crippen LogP contribution in [0.3, 0.4) is 0 Å². The molecule has 0 saturated carbocycles. The molecular formula is C12H4Cl5N3O2S. The van der Waals surface area contributed by atoms with Gasteiger partial charge in [0.15, 0.2) is 0 Å². The maximum atomic E-state index is 12.5. The van der Waals surface area contributed by atoms with Crippen LogP contribution in [0.25, 0.3) is 5.69 Å². The zero-order valence-corrected chi connectivity index (χ0v) is 15.4. The Morgan fingerprint density at radius 3 is 2.30 bits per heavy atom. The number of hydrogen-bond acceptors (Lipinski definition) is 4. The minimum absolute atomic E-state index is 0.196. The molecule has 23 heavy (non-hydrogen) atoms. The van der Waals surface area contributed by atoms with Crippen LogP contribution in [0.1, 0.15) is 5.56 Å². The third-order valence-corrected chi connectivity index (χ3v) is 4.62. The lowest BCUT2D eigenvalue weighted by molar-refractivity contribution is 0.858. The lowest BCUT2D eigenvalue weighted by Gasteiger charge is -2.14. The van der Waals surface area contributed by atoms with E-state index in [1.807, 2.05) is 0 Å². The van der Waals surface area contributed by atoms with Crippen molar-refractivity contribution in [3.05, 3.63) is 60.8 Å². The highest BCUT2D eigenvalue weighted by Gasteiger charge is 2.26. The molecule has 0 N–H and O–H groups in total. The number of benzene rings is 1. The van der Waals surface area contributed by atoms with Crippen molar-refractivity contribution < 1.29 is 0 Å². The molecule has 0 bridgehead atoms. The third kappa shape index (κ3) is 4.18. The average molecular weight is 432 g/mol. The molecule has 0 unspecified atom stereocenters. The van der Waals surface area contributed by atoms with Gasteiger partial charge in [-0.3, -0.25) is 9.36 Å². The van der Waals surface area contributed by atoms with E-state index in [9.17, 15) is 9.59 Å². The molecule has 11 heteroatoms. The van der Waals surface area contributed by atoms with Gasteiger partial charge < -0.3 is 0 Å². The van der Waals surface area contributed by atoms with Crippen LogP contribution >= 0.6 is 70.0 Å². The first-order valence-corrected chi connectivity index (χ1v) is 8.31. The topological polar surface area (TPSA) is 67.8 Å². The van der Waals surface area contributed by atoms with Crippen LogP contribution in [0, 0.1) is 11.3 Å². The maximum absolute atomic E-state index is 12.5. The summed E-state index contributed by atoms with van der Waals surface area (Å²) in [5.74, 6) is 0. The van der Waals surface area contributed by atoms with Crippen LogP contribution in [0.15, 0.2) is 34.0 Å². The van der Waals surface area contributed by atoms with Gasteiger partial charge in [0.1, 0.15) is 11.6 Å². The molecular weight excluding hydrogens is 427 g/mol. The van der Waals surface area contributed by atoms with E-state index in [2.05, 4.69) is 0 Å². The Kier molecular flexibility index (Phi) is 5.62. The summed E-state index contributed by atoms with van der Waals surface area (Å²) >= 11 is 28.9. The van der Waals surface area contributed by atoms with E-state index in [1.165, 1.54) is 18.2 Å². The van der Waals surface area contributed by atoms with Crippen molar-refractivity contribution >= 4 is 70.0 Å². The summed E-state index contributed by atoms with van der Waals surface area (Å²) in [4.78, 5) is 24.6. The van der Waals surface area contributed by atoms with E-state index in [1.54, 1.807) is 6.07 Å². The Morgan fingerprint density at radius 1 is 1.13 bits per heavy atom. The quantitative estimate of drug-likeness (QED) is 0.674. The van der Waals surface area contributed by atoms with Gasteiger partial charge in [-0.05, 0) is 18.2 Å². The number of nitriles is 1. The van der Waals surface area contributed by atoms with Gasteiger partial charge in [0.25, 0.3) is 8.68 Å². The first-order valence-electron chi connectivity index (χ1n) is 5.64. The minimum Gasteiger partial charge on any atom is -0.267 e. The number of alkyl halides is 3. The van der Waals surface area contributed by atoms with E-state index in [-0.39, 0.29) is 15.6 Å². The summed E-state index contributed by atoms with van der Waals surface area (Å²) in [6.45, 7) is 0. The average Bonchev–Trinajstić information content (AvgIpc) is 2.46. The second-order valence-electron chi connectivity index (χ2n) is 4.04. The van der Waals surface area contributed by atoms with Crippen molar-refractivity contribution in [1.82, 2.24) is 8.54 Å². The van der Waals surface area contributed by atoms with Crippen molar-refractivity contribution in [3.8, 4) is 11.8 Å². The summed E-state index contributed by atoms with van der Waals surface area (Å²) in [6, 6.07) is 6.05. The Labute approximate surface area is 159 Å². The number of rotatable bonds is 2. The fourth-order valence-electron chi connectivity index (χ4n) is 1.61. The predicted octanol–water partition coefficient (Wildman–Crippen LogP) is 4.00. The van der Waals surface area contributed by atoms with E-state index >= 15 is 0 Å². The van der Waals surface area contributed by atoms with Gasteiger partial charge in [-0.2, -0.15) is 9.23 Å². The largest absolute Gasteiger partial charge is 0.346 e. The number of hydrogen-bond donors (Lipinski definition) is 0. The molecule has 0 spiro atoms. The van der Waals surface area contributed by atoms with Crippen molar-refractivity contribution in [2.24, 2.45) is 0 Å². The summed E-state index contributed by atoms with van der Waals surface area (Å²) in [6.07, 6.45) is 1.08. The van der Waals surface area contributed by atoms with Crippen LogP contribution in [-0.2, 0) is 0 Å². The molecule has 0 fully saturated rings. The SMILES string of the molecule is N#Cc1cn(-c2ccc(Cl)c(Cl)c2)c(=O)n(SC(Cl)(Cl)Cl)c1=O. The van der Waals surface area contributed by atoms with E-state index < -0.39 is 14.4 Å². The first-order chi connectivity index (χ1) is 10.6. The number of nitrogens with zero attached hydrogens (tertiary/aromatic N) is 3. The highest BCUT2D eigenvalue weighted by molar-refractivity contribution is 8.03. The molecule has 0 aliphatic heterocycles. The molecule has 0 radical (unpaired) electrons. The van der Waals surface area contributed by atoms with Gasteiger partial charge in [-0.25, -0.2) is 4.79 Å². The lowest BCUT2D eigenvalue weighted by Crippen LogP contribution is -2.38. The van der Waals surface area contributed by atoms with Gasteiger partial charge in [-0.15, -0.1) is 0 Å². The molecule has 1 heterocycles. The van der Waals surface area contributed by atoms with Gasteiger partial charge in [0.2, 0.25) is 0 Å². The van der Waals surface area contributed by atoms with Gasteiger partial charge in [0, 0.05) is 18.1 Å². The van der Waals surface area contributed by atoms with Gasteiger partial charge in [0.05, 0.1) is 15.7 Å². The highest BCUT2D eigenvalue weighted by atomic mass is 35.6. The van der Waals surface area contributed by atoms with Crippen molar-refractivity contribution in [3.63, 3.8) is 0 Å². The molecule has 0 amide bonds. The summed E-state index contributed by atoms with van der Waals surface area (Å²) in [7, 11) is 0. The normalized spacial score (nSPS) is 11.3. The molecule has 2 rings (SSSR count). The minimum atomic E-state index is -1.97. The van der Waals surface area contributed by atoms with E-state index in [0.717, 1.165) is 10.8 Å². The third-order valence-electron chi connectivity index (χ3n) is 2.55. The monoisotopic (exact) mass is 429 g/mol. The molecule has 120 valence electrons. The second-order valence-corrected chi connectivity index (χ2v) is 8.97. The van der Waals surface area contributed by atoms with Crippen molar-refractivity contribution in [1.29, 1.82) is 5.26 Å². The number of aromatic nitrogens is 2. The maximum Gasteiger partial charge on any atom is 0.346 e. The van der Waals surface area contributed by atoms with Crippen LogP contribution < -0.4 is 11.2 Å². The molecule has 0 atom stereocenters. The molecule has 0 aliphatic carbocycles. The number of halogens is 5. The summed E-state index contributed by atoms with van der Waals surface area (Å²) in [5.41, 5.74) is -1.72. The summed E-state index contributed by atoms with van der Waals surface area (Å²) < 4.78 is -0.341. The van der Waals surface area contributed by atoms with Crippen LogP contribution in [-0.4, -0.2) is 11.7 Å². The Hall–Kier alpha value is -0.810. The Morgan fingerprint density at radius 2 is 1.78 bits per heavy atom. The van der Waals surface area contributed by atoms with E-state index in [0.29, 0.717) is 21.6 Å². The lowest BCUT2D eigenvalue weighted by atomic mass is 10.3. The summed E-state index contributed by atoms with van der Waals surface area (Å²) in [5, 5.41) is 9.55. The second kappa shape index (κ2) is 6.98. The molecule has 1 aromatic carbocycles. The first kappa shape index (κ1) is 18.5. The Balaban J connectivity index is 2.77. The van der Waals surface area contributed by atoms with Gasteiger partial charge >= 0.3 is 5.69 Å². The predicted molar refractivity (Wildman–Crippen MR) is 94.3 cm³/mol. The fourth-order valence-corrected chi connectivity index (χ4v) is 3.08. The fraction of sp³-hybridized carbons (Fsp3) is 0.0833. The van der Waals surface area contributed by atoms with Crippen LogP contribution in [0.5, 0.6) is 0 Å². The molecule has 0 saturated heterocycles.